The Bertz CT molecular complexity index is 1590. The molecule has 2 N–H and O–H groups in total. The number of phenols is 1. The third-order valence-corrected chi connectivity index (χ3v) is 7.48. The standard InChI is InChI=1S/C32H31ClN4O4.H2/c1-22(38)23-6-10-26(11-7-23)37-16-14-36(15-17-37)18-19-41-31-13-9-25(27-4-2-3-5-28(27)31)21-34-35-32(40)24-8-12-30(39)29(33)20-24;/h2-13,20-21,39H,14-19H2,1H3,(H,35,40);1H/b34-21+;. The normalized spacial score (nSPS) is 14.0. The van der Waals surface area contributed by atoms with Crippen LogP contribution in [0.5, 0.6) is 11.5 Å². The number of hydrogen-bond acceptors (Lipinski definition) is 7. The Kier molecular flexibility index (Phi) is 8.82. The van der Waals surface area contributed by atoms with Crippen molar-refractivity contribution in [2.24, 2.45) is 5.10 Å². The number of ether oxygens (including phenoxy) is 1. The van der Waals surface area contributed by atoms with Gasteiger partial charge in [-0.25, -0.2) is 5.43 Å². The maximum Gasteiger partial charge on any atom is 0.271 e. The minimum Gasteiger partial charge on any atom is -0.506 e. The number of ketones is 1. The van der Waals surface area contributed by atoms with Gasteiger partial charge in [-0.3, -0.25) is 14.5 Å². The molecule has 1 fully saturated rings. The predicted octanol–water partition coefficient (Wildman–Crippen LogP) is 5.61. The lowest BCUT2D eigenvalue weighted by Crippen LogP contribution is -2.47. The monoisotopic (exact) mass is 572 g/mol. The summed E-state index contributed by atoms with van der Waals surface area (Å²) in [4.78, 5) is 28.7. The second kappa shape index (κ2) is 12.8. The fourth-order valence-corrected chi connectivity index (χ4v) is 5.01. The summed E-state index contributed by atoms with van der Waals surface area (Å²) >= 11 is 5.90. The number of Topliss-reactive ketones (excluding diaryl/α,β-unsaturated/α-hetero) is 1. The maximum atomic E-state index is 12.4. The van der Waals surface area contributed by atoms with Crippen LogP contribution < -0.4 is 15.1 Å². The van der Waals surface area contributed by atoms with Gasteiger partial charge in [-0.1, -0.05) is 35.9 Å². The van der Waals surface area contributed by atoms with E-state index in [-0.39, 0.29) is 18.0 Å². The SMILES string of the molecule is CC(=O)c1ccc(N2CCN(CCOc3ccc(/C=N/NC(=O)c4ccc(O)c(Cl)c4)c4ccccc34)CC2)cc1.[HH]. The summed E-state index contributed by atoms with van der Waals surface area (Å²) in [6.07, 6.45) is 1.60. The highest BCUT2D eigenvalue weighted by atomic mass is 35.5. The number of hydrazone groups is 1. The van der Waals surface area contributed by atoms with Crippen LogP contribution in [-0.2, 0) is 0 Å². The number of carbonyl (C=O) groups excluding carboxylic acids is 2. The number of halogens is 1. The smallest absolute Gasteiger partial charge is 0.271 e. The molecule has 0 radical (unpaired) electrons. The molecule has 4 aromatic rings. The van der Waals surface area contributed by atoms with Crippen molar-refractivity contribution >= 4 is 46.0 Å². The molecule has 4 aromatic carbocycles. The average molecular weight is 573 g/mol. The van der Waals surface area contributed by atoms with Gasteiger partial charge in [-0.15, -0.1) is 0 Å². The molecule has 0 aromatic heterocycles. The van der Waals surface area contributed by atoms with Crippen LogP contribution in [0.25, 0.3) is 10.8 Å². The van der Waals surface area contributed by atoms with E-state index in [1.54, 1.807) is 13.1 Å². The molecule has 9 heteroatoms. The molecule has 0 atom stereocenters. The molecule has 1 heterocycles. The van der Waals surface area contributed by atoms with Gasteiger partial charge >= 0.3 is 0 Å². The summed E-state index contributed by atoms with van der Waals surface area (Å²) in [7, 11) is 0. The van der Waals surface area contributed by atoms with Gasteiger partial charge in [-0.2, -0.15) is 5.10 Å². The number of nitrogens with one attached hydrogen (secondary N) is 1. The fourth-order valence-electron chi connectivity index (χ4n) is 4.83. The first-order chi connectivity index (χ1) is 19.9. The van der Waals surface area contributed by atoms with Crippen molar-refractivity contribution in [2.75, 3.05) is 44.2 Å². The van der Waals surface area contributed by atoms with Gasteiger partial charge in [0.1, 0.15) is 18.1 Å². The van der Waals surface area contributed by atoms with Gasteiger partial charge in [0.15, 0.2) is 5.78 Å². The number of benzene rings is 4. The fraction of sp³-hybridized carbons (Fsp3) is 0.219. The summed E-state index contributed by atoms with van der Waals surface area (Å²) in [5, 5.41) is 15.7. The molecule has 212 valence electrons. The highest BCUT2D eigenvalue weighted by Crippen LogP contribution is 2.28. The molecule has 8 nitrogen and oxygen atoms in total. The van der Waals surface area contributed by atoms with Crippen LogP contribution in [0.4, 0.5) is 5.69 Å². The zero-order valence-electron chi connectivity index (χ0n) is 22.7. The number of phenolic OH excluding ortho intramolecular Hbond substituents is 1. The maximum absolute atomic E-state index is 12.4. The first-order valence-electron chi connectivity index (χ1n) is 13.4. The topological polar surface area (TPSA) is 94.5 Å². The lowest BCUT2D eigenvalue weighted by molar-refractivity contribution is 0.0954. The molecule has 1 aliphatic heterocycles. The van der Waals surface area contributed by atoms with E-state index in [0.717, 1.165) is 66.1 Å². The third kappa shape index (κ3) is 6.85. The average Bonchev–Trinajstić information content (AvgIpc) is 2.99. The van der Waals surface area contributed by atoms with Crippen molar-refractivity contribution in [2.45, 2.75) is 6.92 Å². The van der Waals surface area contributed by atoms with Crippen molar-refractivity contribution in [3.63, 3.8) is 0 Å². The second-order valence-electron chi connectivity index (χ2n) is 9.84. The highest BCUT2D eigenvalue weighted by molar-refractivity contribution is 6.32. The number of carbonyl (C=O) groups is 2. The molecule has 1 saturated heterocycles. The molecule has 0 spiro atoms. The number of piperazine rings is 1. The Morgan fingerprint density at radius 3 is 2.39 bits per heavy atom. The number of fused-ring (bicyclic) bond motifs is 1. The van der Waals surface area contributed by atoms with E-state index in [1.807, 2.05) is 60.7 Å². The van der Waals surface area contributed by atoms with Crippen LogP contribution in [0.2, 0.25) is 5.02 Å². The number of hydrogen-bond donors (Lipinski definition) is 2. The Balaban J connectivity index is 0.00000405. The van der Waals surface area contributed by atoms with Gasteiger partial charge in [0.25, 0.3) is 5.91 Å². The Morgan fingerprint density at radius 2 is 1.68 bits per heavy atom. The molecular formula is C32H33ClN4O4. The predicted molar refractivity (Wildman–Crippen MR) is 165 cm³/mol. The number of amides is 1. The van der Waals surface area contributed by atoms with E-state index >= 15 is 0 Å². The molecule has 1 aliphatic rings. The van der Waals surface area contributed by atoms with E-state index in [1.165, 1.54) is 18.2 Å². The molecule has 5 rings (SSSR count). The second-order valence-corrected chi connectivity index (χ2v) is 10.3. The first kappa shape index (κ1) is 28.1. The summed E-state index contributed by atoms with van der Waals surface area (Å²) in [5.41, 5.74) is 5.51. The van der Waals surface area contributed by atoms with E-state index in [2.05, 4.69) is 20.3 Å². The minimum atomic E-state index is -0.431. The highest BCUT2D eigenvalue weighted by Gasteiger charge is 2.17. The van der Waals surface area contributed by atoms with Crippen LogP contribution in [0.3, 0.4) is 0 Å². The number of nitrogens with zero attached hydrogens (tertiary/aromatic N) is 3. The van der Waals surface area contributed by atoms with Gasteiger partial charge < -0.3 is 14.7 Å². The van der Waals surface area contributed by atoms with Crippen molar-refractivity contribution in [1.82, 2.24) is 10.3 Å². The largest absolute Gasteiger partial charge is 0.506 e. The Hall–Kier alpha value is -4.40. The molecule has 0 bridgehead atoms. The molecule has 1 amide bonds. The van der Waals surface area contributed by atoms with Gasteiger partial charge in [0.05, 0.1) is 11.2 Å². The van der Waals surface area contributed by atoms with Crippen LogP contribution in [-0.4, -0.2) is 67.2 Å². The zero-order chi connectivity index (χ0) is 28.8. The van der Waals surface area contributed by atoms with E-state index in [4.69, 9.17) is 16.3 Å². The number of rotatable bonds is 9. The summed E-state index contributed by atoms with van der Waals surface area (Å²) in [6, 6.07) is 23.8. The van der Waals surface area contributed by atoms with Gasteiger partial charge in [0.2, 0.25) is 0 Å². The Morgan fingerprint density at radius 1 is 0.976 bits per heavy atom. The van der Waals surface area contributed by atoms with E-state index in [0.29, 0.717) is 12.2 Å². The lowest BCUT2D eigenvalue weighted by atomic mass is 10.0. The molecule has 0 saturated carbocycles. The molecule has 0 unspecified atom stereocenters. The third-order valence-electron chi connectivity index (χ3n) is 7.17. The summed E-state index contributed by atoms with van der Waals surface area (Å²) < 4.78 is 6.21. The Labute approximate surface area is 245 Å². The van der Waals surface area contributed by atoms with E-state index < -0.39 is 5.91 Å². The quantitative estimate of drug-likeness (QED) is 0.154. The van der Waals surface area contributed by atoms with Crippen LogP contribution in [0.1, 0.15) is 34.6 Å². The first-order valence-corrected chi connectivity index (χ1v) is 13.8. The molecular weight excluding hydrogens is 540 g/mol. The van der Waals surface area contributed by atoms with Crippen LogP contribution >= 0.6 is 11.6 Å². The lowest BCUT2D eigenvalue weighted by Gasteiger charge is -2.36. The van der Waals surface area contributed by atoms with Gasteiger partial charge in [0, 0.05) is 61.9 Å². The summed E-state index contributed by atoms with van der Waals surface area (Å²) in [6.45, 7) is 6.70. The van der Waals surface area contributed by atoms with Crippen LogP contribution in [0, 0.1) is 0 Å². The minimum absolute atomic E-state index is 0. The molecule has 41 heavy (non-hydrogen) atoms. The van der Waals surface area contributed by atoms with Gasteiger partial charge in [-0.05, 0) is 66.9 Å². The molecule has 0 aliphatic carbocycles. The van der Waals surface area contributed by atoms with Crippen molar-refractivity contribution in [1.29, 1.82) is 0 Å². The number of anilines is 1. The number of aromatic hydroxyl groups is 1. The van der Waals surface area contributed by atoms with Crippen LogP contribution in [0.15, 0.2) is 84.0 Å². The van der Waals surface area contributed by atoms with Crippen molar-refractivity contribution < 1.29 is 20.9 Å². The van der Waals surface area contributed by atoms with E-state index in [9.17, 15) is 14.7 Å². The van der Waals surface area contributed by atoms with Crippen molar-refractivity contribution in [3.8, 4) is 11.5 Å². The summed E-state index contributed by atoms with van der Waals surface area (Å²) in [5.74, 6) is 0.361. The van der Waals surface area contributed by atoms with Crippen molar-refractivity contribution in [3.05, 3.63) is 101 Å². The zero-order valence-corrected chi connectivity index (χ0v) is 23.5.